The first-order chi connectivity index (χ1) is 12.3. The molecule has 2 aromatic heterocycles. The van der Waals surface area contributed by atoms with Crippen LogP contribution in [0, 0.1) is 0 Å². The number of halogens is 1. The average molecular weight is 358 g/mol. The van der Waals surface area contributed by atoms with Gasteiger partial charge in [-0.2, -0.15) is 9.97 Å². The van der Waals surface area contributed by atoms with Crippen molar-refractivity contribution in [3.63, 3.8) is 0 Å². The van der Waals surface area contributed by atoms with Gasteiger partial charge in [0, 0.05) is 13.1 Å². The number of nitrogens with zero attached hydrogens (tertiary/aromatic N) is 5. The summed E-state index contributed by atoms with van der Waals surface area (Å²) in [6.07, 6.45) is 1.46. The van der Waals surface area contributed by atoms with Gasteiger partial charge in [0.25, 0.3) is 0 Å². The molecular weight excluding hydrogens is 342 g/mol. The normalized spacial score (nSPS) is 14.7. The Morgan fingerprint density at radius 1 is 1.04 bits per heavy atom. The Bertz CT molecular complexity index is 872. The molecule has 1 fully saturated rings. The van der Waals surface area contributed by atoms with E-state index < -0.39 is 0 Å². The number of benzene rings is 1. The summed E-state index contributed by atoms with van der Waals surface area (Å²) in [4.78, 5) is 19.3. The van der Waals surface area contributed by atoms with Crippen LogP contribution in [-0.2, 0) is 11.3 Å². The number of hydrogen-bond acceptors (Lipinski definition) is 7. The standard InChI is InChI=1S/C17H16ClN5O2/c18-17-21-14-13(15(22-17)23-6-8-24-9-7-23)19-11-20-16(14)25-10-12-4-2-1-3-5-12/h1-5,11H,6-10H2. The van der Waals surface area contributed by atoms with Gasteiger partial charge in [-0.3, -0.25) is 0 Å². The second-order valence-corrected chi connectivity index (χ2v) is 5.90. The molecule has 0 spiro atoms. The quantitative estimate of drug-likeness (QED) is 0.664. The summed E-state index contributed by atoms with van der Waals surface area (Å²) in [5.41, 5.74) is 2.19. The average Bonchev–Trinajstić information content (AvgIpc) is 2.67. The molecule has 25 heavy (non-hydrogen) atoms. The first kappa shape index (κ1) is 16.0. The predicted molar refractivity (Wildman–Crippen MR) is 93.9 cm³/mol. The highest BCUT2D eigenvalue weighted by Gasteiger charge is 2.20. The molecule has 0 atom stereocenters. The Morgan fingerprint density at radius 2 is 1.84 bits per heavy atom. The van der Waals surface area contributed by atoms with E-state index in [2.05, 4.69) is 24.8 Å². The lowest BCUT2D eigenvalue weighted by Gasteiger charge is -2.28. The molecule has 0 bridgehead atoms. The maximum atomic E-state index is 6.14. The van der Waals surface area contributed by atoms with E-state index in [4.69, 9.17) is 21.1 Å². The molecule has 0 unspecified atom stereocenters. The van der Waals surface area contributed by atoms with Gasteiger partial charge in [0.2, 0.25) is 11.2 Å². The van der Waals surface area contributed by atoms with Gasteiger partial charge in [-0.15, -0.1) is 0 Å². The van der Waals surface area contributed by atoms with Gasteiger partial charge in [-0.1, -0.05) is 30.3 Å². The molecule has 1 aliphatic rings. The Balaban J connectivity index is 1.69. The van der Waals surface area contributed by atoms with Crippen LogP contribution < -0.4 is 9.64 Å². The number of rotatable bonds is 4. The highest BCUT2D eigenvalue weighted by molar-refractivity contribution is 6.28. The van der Waals surface area contributed by atoms with Gasteiger partial charge in [-0.25, -0.2) is 9.97 Å². The number of hydrogen-bond donors (Lipinski definition) is 0. The Kier molecular flexibility index (Phi) is 4.58. The maximum absolute atomic E-state index is 6.14. The van der Waals surface area contributed by atoms with E-state index in [1.54, 1.807) is 0 Å². The van der Waals surface area contributed by atoms with E-state index in [1.165, 1.54) is 6.33 Å². The minimum atomic E-state index is 0.147. The van der Waals surface area contributed by atoms with Crippen molar-refractivity contribution in [3.05, 3.63) is 47.5 Å². The summed E-state index contributed by atoms with van der Waals surface area (Å²) in [5.74, 6) is 1.08. The third-order valence-electron chi connectivity index (χ3n) is 3.93. The third kappa shape index (κ3) is 3.47. The molecule has 0 N–H and O–H groups in total. The van der Waals surface area contributed by atoms with Crippen molar-refractivity contribution in [1.29, 1.82) is 0 Å². The van der Waals surface area contributed by atoms with Crippen LogP contribution in [0.5, 0.6) is 5.88 Å². The minimum Gasteiger partial charge on any atom is -0.471 e. The first-order valence-corrected chi connectivity index (χ1v) is 8.37. The van der Waals surface area contributed by atoms with Crippen LogP contribution in [0.3, 0.4) is 0 Å². The summed E-state index contributed by atoms with van der Waals surface area (Å²) < 4.78 is 11.3. The van der Waals surface area contributed by atoms with Gasteiger partial charge < -0.3 is 14.4 Å². The fourth-order valence-electron chi connectivity index (χ4n) is 2.71. The SMILES string of the molecule is Clc1nc(N2CCOCC2)c2ncnc(OCc3ccccc3)c2n1. The molecule has 8 heteroatoms. The number of ether oxygens (including phenoxy) is 2. The monoisotopic (exact) mass is 357 g/mol. The number of aromatic nitrogens is 4. The Labute approximate surface area is 149 Å². The van der Waals surface area contributed by atoms with Crippen LogP contribution in [0.1, 0.15) is 5.56 Å². The van der Waals surface area contributed by atoms with Crippen molar-refractivity contribution < 1.29 is 9.47 Å². The molecule has 4 rings (SSSR count). The van der Waals surface area contributed by atoms with Crippen molar-refractivity contribution in [2.45, 2.75) is 6.61 Å². The van der Waals surface area contributed by atoms with Crippen molar-refractivity contribution in [2.75, 3.05) is 31.2 Å². The molecule has 1 aliphatic heterocycles. The molecule has 3 heterocycles. The smallest absolute Gasteiger partial charge is 0.244 e. The predicted octanol–water partition coefficient (Wildman–Crippen LogP) is 2.49. The van der Waals surface area contributed by atoms with Crippen LogP contribution in [0.2, 0.25) is 5.28 Å². The molecular formula is C17H16ClN5O2. The first-order valence-electron chi connectivity index (χ1n) is 7.99. The molecule has 0 saturated carbocycles. The van der Waals surface area contributed by atoms with Gasteiger partial charge in [-0.05, 0) is 17.2 Å². The zero-order valence-corrected chi connectivity index (χ0v) is 14.2. The zero-order valence-electron chi connectivity index (χ0n) is 13.4. The van der Waals surface area contributed by atoms with Crippen molar-refractivity contribution in [3.8, 4) is 5.88 Å². The highest BCUT2D eigenvalue weighted by atomic mass is 35.5. The van der Waals surface area contributed by atoms with Crippen LogP contribution >= 0.6 is 11.6 Å². The molecule has 1 aromatic carbocycles. The molecule has 1 saturated heterocycles. The van der Waals surface area contributed by atoms with E-state index in [9.17, 15) is 0 Å². The van der Waals surface area contributed by atoms with Gasteiger partial charge in [0.05, 0.1) is 13.2 Å². The lowest BCUT2D eigenvalue weighted by molar-refractivity contribution is 0.122. The van der Waals surface area contributed by atoms with Crippen LogP contribution in [0.25, 0.3) is 11.0 Å². The van der Waals surface area contributed by atoms with Crippen LogP contribution in [-0.4, -0.2) is 46.2 Å². The lowest BCUT2D eigenvalue weighted by Crippen LogP contribution is -2.37. The molecule has 7 nitrogen and oxygen atoms in total. The minimum absolute atomic E-state index is 0.147. The molecule has 128 valence electrons. The summed E-state index contributed by atoms with van der Waals surface area (Å²) in [5, 5.41) is 0.147. The largest absolute Gasteiger partial charge is 0.471 e. The van der Waals surface area contributed by atoms with E-state index in [-0.39, 0.29) is 5.28 Å². The fourth-order valence-corrected chi connectivity index (χ4v) is 2.88. The van der Waals surface area contributed by atoms with Gasteiger partial charge >= 0.3 is 0 Å². The summed E-state index contributed by atoms with van der Waals surface area (Å²) >= 11 is 6.14. The number of anilines is 1. The Morgan fingerprint density at radius 3 is 2.64 bits per heavy atom. The van der Waals surface area contributed by atoms with E-state index in [1.807, 2.05) is 30.3 Å². The van der Waals surface area contributed by atoms with E-state index in [0.29, 0.717) is 42.6 Å². The zero-order chi connectivity index (χ0) is 17.1. The van der Waals surface area contributed by atoms with Crippen LogP contribution in [0.4, 0.5) is 5.82 Å². The second kappa shape index (κ2) is 7.16. The number of morpholine rings is 1. The highest BCUT2D eigenvalue weighted by Crippen LogP contribution is 2.29. The summed E-state index contributed by atoms with van der Waals surface area (Å²) in [6.45, 7) is 3.14. The fraction of sp³-hybridized carbons (Fsp3) is 0.294. The summed E-state index contributed by atoms with van der Waals surface area (Å²) in [6, 6.07) is 9.87. The van der Waals surface area contributed by atoms with E-state index >= 15 is 0 Å². The summed E-state index contributed by atoms with van der Waals surface area (Å²) in [7, 11) is 0. The van der Waals surface area contributed by atoms with E-state index in [0.717, 1.165) is 18.7 Å². The van der Waals surface area contributed by atoms with Gasteiger partial charge in [0.15, 0.2) is 11.3 Å². The lowest BCUT2D eigenvalue weighted by atomic mass is 10.2. The molecule has 0 aliphatic carbocycles. The number of fused-ring (bicyclic) bond motifs is 1. The molecule has 0 amide bonds. The topological polar surface area (TPSA) is 73.3 Å². The van der Waals surface area contributed by atoms with Crippen LogP contribution in [0.15, 0.2) is 36.7 Å². The molecule has 3 aromatic rings. The Hall–Kier alpha value is -2.51. The third-order valence-corrected chi connectivity index (χ3v) is 4.10. The second-order valence-electron chi connectivity index (χ2n) is 5.57. The maximum Gasteiger partial charge on any atom is 0.244 e. The van der Waals surface area contributed by atoms with Crippen molar-refractivity contribution in [2.24, 2.45) is 0 Å². The van der Waals surface area contributed by atoms with Gasteiger partial charge in [0.1, 0.15) is 18.5 Å². The molecule has 0 radical (unpaired) electrons. The van der Waals surface area contributed by atoms with Crippen molar-refractivity contribution in [1.82, 2.24) is 19.9 Å². The van der Waals surface area contributed by atoms with Crippen molar-refractivity contribution >= 4 is 28.5 Å².